The van der Waals surface area contributed by atoms with Crippen molar-refractivity contribution in [1.82, 2.24) is 10.2 Å². The van der Waals surface area contributed by atoms with Crippen LogP contribution in [0.25, 0.3) is 0 Å². The minimum absolute atomic E-state index is 0.0522. The molecule has 2 heterocycles. The first kappa shape index (κ1) is 20.6. The van der Waals surface area contributed by atoms with Crippen molar-refractivity contribution in [2.45, 2.75) is 17.7 Å². The van der Waals surface area contributed by atoms with Crippen molar-refractivity contribution in [3.05, 3.63) is 57.4 Å². The van der Waals surface area contributed by atoms with Crippen LogP contribution in [0.4, 0.5) is 4.79 Å². The van der Waals surface area contributed by atoms with Gasteiger partial charge in [-0.2, -0.15) is 0 Å². The molecule has 0 spiro atoms. The molecule has 1 fully saturated rings. The Balaban J connectivity index is 1.86. The number of halogens is 1. The van der Waals surface area contributed by atoms with Crippen molar-refractivity contribution < 1.29 is 24.2 Å². The van der Waals surface area contributed by atoms with Gasteiger partial charge < -0.3 is 19.9 Å². The quantitative estimate of drug-likeness (QED) is 0.716. The molecule has 9 heteroatoms. The van der Waals surface area contributed by atoms with Gasteiger partial charge in [0.25, 0.3) is 0 Å². The lowest BCUT2D eigenvalue weighted by molar-refractivity contribution is -0.147. The first-order valence-electron chi connectivity index (χ1n) is 8.70. The van der Waals surface area contributed by atoms with E-state index in [4.69, 9.17) is 21.1 Å². The standard InChI is InChI=1S/C19H21ClN2O5S/c1-21-19(25)27-18-14(23)9-11-10-22(8-7-15(11)28-18)16(17(24)26-2)12-5-3-4-6-13(12)20/h3-6,9,15-16,23H,7-8,10H2,1-2H3,(H,21,25)/t15?,16-/m0/s1. The summed E-state index contributed by atoms with van der Waals surface area (Å²) in [7, 11) is 2.81. The highest BCUT2D eigenvalue weighted by Crippen LogP contribution is 2.41. The number of carbonyl (C=O) groups excluding carboxylic acids is 2. The van der Waals surface area contributed by atoms with E-state index in [0.717, 1.165) is 5.57 Å². The third-order valence-corrected chi connectivity index (χ3v) is 6.31. The molecule has 28 heavy (non-hydrogen) atoms. The van der Waals surface area contributed by atoms with E-state index in [1.165, 1.54) is 25.9 Å². The van der Waals surface area contributed by atoms with Crippen molar-refractivity contribution in [1.29, 1.82) is 0 Å². The number of fused-ring (bicyclic) bond motifs is 1. The number of hydrogen-bond acceptors (Lipinski definition) is 7. The molecular formula is C19H21ClN2O5S. The summed E-state index contributed by atoms with van der Waals surface area (Å²) in [4.78, 5) is 25.9. The largest absolute Gasteiger partial charge is 0.504 e. The fraction of sp³-hybridized carbons (Fsp3) is 0.368. The van der Waals surface area contributed by atoms with E-state index in [1.54, 1.807) is 12.1 Å². The molecule has 2 aliphatic rings. The molecule has 7 nitrogen and oxygen atoms in total. The van der Waals surface area contributed by atoms with Crippen LogP contribution in [0.15, 0.2) is 46.8 Å². The summed E-state index contributed by atoms with van der Waals surface area (Å²) in [6.07, 6.45) is 1.68. The maximum atomic E-state index is 12.5. The van der Waals surface area contributed by atoms with E-state index in [-0.39, 0.29) is 22.1 Å². The van der Waals surface area contributed by atoms with Gasteiger partial charge in [0.05, 0.1) is 7.11 Å². The number of allylic oxidation sites excluding steroid dienone is 1. The maximum absolute atomic E-state index is 12.5. The van der Waals surface area contributed by atoms with Gasteiger partial charge in [-0.25, -0.2) is 9.59 Å². The van der Waals surface area contributed by atoms with Crippen LogP contribution in [0.1, 0.15) is 18.0 Å². The number of carbonyl (C=O) groups is 2. The average molecular weight is 425 g/mol. The van der Waals surface area contributed by atoms with Crippen LogP contribution >= 0.6 is 23.4 Å². The number of amides is 1. The van der Waals surface area contributed by atoms with Gasteiger partial charge in [-0.3, -0.25) is 4.90 Å². The van der Waals surface area contributed by atoms with Crippen molar-refractivity contribution in [3.63, 3.8) is 0 Å². The monoisotopic (exact) mass is 424 g/mol. The summed E-state index contributed by atoms with van der Waals surface area (Å²) >= 11 is 7.63. The normalized spacial score (nSPS) is 20.7. The number of benzene rings is 1. The van der Waals surface area contributed by atoms with Crippen LogP contribution in [0.3, 0.4) is 0 Å². The predicted octanol–water partition coefficient (Wildman–Crippen LogP) is 3.38. The minimum atomic E-state index is -0.639. The molecule has 150 valence electrons. The van der Waals surface area contributed by atoms with E-state index >= 15 is 0 Å². The van der Waals surface area contributed by atoms with Crippen LogP contribution in [-0.2, 0) is 14.3 Å². The van der Waals surface area contributed by atoms with Crippen LogP contribution in [0.5, 0.6) is 0 Å². The third-order valence-electron chi connectivity index (χ3n) is 4.64. The van der Waals surface area contributed by atoms with Crippen LogP contribution in [0.2, 0.25) is 5.02 Å². The minimum Gasteiger partial charge on any atom is -0.504 e. The number of aliphatic hydroxyl groups is 1. The number of aliphatic hydroxyl groups excluding tert-OH is 1. The maximum Gasteiger partial charge on any atom is 0.412 e. The number of nitrogens with zero attached hydrogens (tertiary/aromatic N) is 1. The van der Waals surface area contributed by atoms with Gasteiger partial charge in [0.1, 0.15) is 6.04 Å². The lowest BCUT2D eigenvalue weighted by Crippen LogP contribution is -2.43. The second kappa shape index (κ2) is 8.89. The molecule has 1 saturated heterocycles. The van der Waals surface area contributed by atoms with Crippen molar-refractivity contribution >= 4 is 35.4 Å². The van der Waals surface area contributed by atoms with Gasteiger partial charge in [-0.05, 0) is 29.7 Å². The topological polar surface area (TPSA) is 88.1 Å². The molecule has 1 amide bonds. The molecule has 0 aliphatic carbocycles. The molecule has 3 rings (SSSR count). The molecule has 2 N–H and O–H groups in total. The number of methoxy groups -OCH3 is 1. The molecule has 1 unspecified atom stereocenters. The number of thioether (sulfide) groups is 1. The Kier molecular flexibility index (Phi) is 6.53. The van der Waals surface area contributed by atoms with Crippen molar-refractivity contribution in [2.24, 2.45) is 0 Å². The Morgan fingerprint density at radius 1 is 1.39 bits per heavy atom. The highest BCUT2D eigenvalue weighted by Gasteiger charge is 2.37. The lowest BCUT2D eigenvalue weighted by Gasteiger charge is -2.39. The van der Waals surface area contributed by atoms with Gasteiger partial charge in [0, 0.05) is 30.4 Å². The SMILES string of the molecule is CNC(=O)OC1=C(O)C=C2CN([C@H](C(=O)OC)c3ccccc3Cl)CCC2S1. The second-order valence-corrected chi connectivity index (χ2v) is 7.93. The summed E-state index contributed by atoms with van der Waals surface area (Å²) in [5.41, 5.74) is 1.63. The van der Waals surface area contributed by atoms with Crippen molar-refractivity contribution in [2.75, 3.05) is 27.2 Å². The molecule has 0 bridgehead atoms. The summed E-state index contributed by atoms with van der Waals surface area (Å²) < 4.78 is 10.1. The summed E-state index contributed by atoms with van der Waals surface area (Å²) in [5, 5.41) is 13.3. The molecule has 0 saturated carbocycles. The molecule has 0 aromatic heterocycles. The number of likely N-dealkylation sites (tertiary alicyclic amines) is 1. The number of piperidine rings is 1. The van der Waals surface area contributed by atoms with E-state index in [9.17, 15) is 14.7 Å². The molecule has 1 aromatic rings. The summed E-state index contributed by atoms with van der Waals surface area (Å²) in [5.74, 6) is -0.493. The Morgan fingerprint density at radius 2 is 2.14 bits per heavy atom. The van der Waals surface area contributed by atoms with Crippen LogP contribution < -0.4 is 5.32 Å². The number of alkyl carbamates (subject to hydrolysis) is 1. The van der Waals surface area contributed by atoms with Gasteiger partial charge >= 0.3 is 12.1 Å². The van der Waals surface area contributed by atoms with Gasteiger partial charge in [-0.1, -0.05) is 41.6 Å². The number of hydrogen-bond donors (Lipinski definition) is 2. The predicted molar refractivity (Wildman–Crippen MR) is 107 cm³/mol. The first-order valence-corrected chi connectivity index (χ1v) is 9.96. The summed E-state index contributed by atoms with van der Waals surface area (Å²) in [6, 6.07) is 6.55. The third kappa shape index (κ3) is 4.29. The van der Waals surface area contributed by atoms with Crippen LogP contribution in [0, 0.1) is 0 Å². The number of ether oxygens (including phenoxy) is 2. The second-order valence-electron chi connectivity index (χ2n) is 6.34. The van der Waals surface area contributed by atoms with E-state index < -0.39 is 12.1 Å². The Bertz CT molecular complexity index is 841. The Hall–Kier alpha value is -2.16. The van der Waals surface area contributed by atoms with E-state index in [0.29, 0.717) is 30.1 Å². The fourth-order valence-electron chi connectivity index (χ4n) is 3.29. The van der Waals surface area contributed by atoms with Crippen molar-refractivity contribution in [3.8, 4) is 0 Å². The molecule has 2 aliphatic heterocycles. The van der Waals surface area contributed by atoms with Gasteiger partial charge in [-0.15, -0.1) is 0 Å². The lowest BCUT2D eigenvalue weighted by atomic mass is 9.97. The fourth-order valence-corrected chi connectivity index (χ4v) is 4.61. The van der Waals surface area contributed by atoms with Gasteiger partial charge in [0.15, 0.2) is 5.76 Å². The van der Waals surface area contributed by atoms with E-state index in [1.807, 2.05) is 23.1 Å². The molecule has 1 aromatic carbocycles. The Morgan fingerprint density at radius 3 is 2.82 bits per heavy atom. The average Bonchev–Trinajstić information content (AvgIpc) is 2.69. The zero-order valence-electron chi connectivity index (χ0n) is 15.5. The van der Waals surface area contributed by atoms with Crippen LogP contribution in [-0.4, -0.2) is 54.6 Å². The number of rotatable bonds is 4. The first-order chi connectivity index (χ1) is 13.4. The number of nitrogens with one attached hydrogen (secondary N) is 1. The van der Waals surface area contributed by atoms with Gasteiger partial charge in [0.2, 0.25) is 5.09 Å². The number of esters is 1. The summed E-state index contributed by atoms with van der Waals surface area (Å²) in [6.45, 7) is 1.08. The molecule has 0 radical (unpaired) electrons. The Labute approximate surface area is 172 Å². The smallest absolute Gasteiger partial charge is 0.412 e. The zero-order chi connectivity index (χ0) is 20.3. The zero-order valence-corrected chi connectivity index (χ0v) is 17.0. The highest BCUT2D eigenvalue weighted by atomic mass is 35.5. The highest BCUT2D eigenvalue weighted by molar-refractivity contribution is 8.03. The molecule has 2 atom stereocenters. The van der Waals surface area contributed by atoms with E-state index in [2.05, 4.69) is 5.32 Å². The molecular weight excluding hydrogens is 404 g/mol.